The van der Waals surface area contributed by atoms with Gasteiger partial charge in [0.05, 0.1) is 22.2 Å². The number of nitrogens with zero attached hydrogens (tertiary/aromatic N) is 3. The minimum Gasteiger partial charge on any atom is -0.335 e. The van der Waals surface area contributed by atoms with Gasteiger partial charge in [-0.25, -0.2) is 17.5 Å². The molecule has 3 aromatic carbocycles. The molecular formula is C27H26FN3O3S. The molecule has 8 heteroatoms. The van der Waals surface area contributed by atoms with E-state index < -0.39 is 9.84 Å². The lowest BCUT2D eigenvalue weighted by Gasteiger charge is -2.25. The minimum absolute atomic E-state index is 0.227. The molecule has 0 fully saturated rings. The second kappa shape index (κ2) is 9.46. The summed E-state index contributed by atoms with van der Waals surface area (Å²) in [7, 11) is -1.60. The van der Waals surface area contributed by atoms with Gasteiger partial charge in [-0.1, -0.05) is 35.9 Å². The molecule has 4 rings (SSSR count). The summed E-state index contributed by atoms with van der Waals surface area (Å²) in [5, 5.41) is 4.68. The average molecular weight is 492 g/mol. The van der Waals surface area contributed by atoms with Crippen molar-refractivity contribution in [3.63, 3.8) is 0 Å². The molecule has 0 radical (unpaired) electrons. The predicted octanol–water partition coefficient (Wildman–Crippen LogP) is 5.22. The fourth-order valence-corrected chi connectivity index (χ4v) is 4.48. The van der Waals surface area contributed by atoms with E-state index in [0.29, 0.717) is 16.9 Å². The first-order valence-corrected chi connectivity index (χ1v) is 12.9. The van der Waals surface area contributed by atoms with Gasteiger partial charge in [-0.05, 0) is 61.9 Å². The Bertz CT molecular complexity index is 1480. The highest BCUT2D eigenvalue weighted by molar-refractivity contribution is 7.90. The number of hydrogen-bond acceptors (Lipinski definition) is 4. The maximum atomic E-state index is 13.7. The molecule has 0 N–H and O–H groups in total. The van der Waals surface area contributed by atoms with E-state index in [4.69, 9.17) is 0 Å². The number of amides is 1. The molecule has 180 valence electrons. The second-order valence-corrected chi connectivity index (χ2v) is 10.6. The summed E-state index contributed by atoms with van der Waals surface area (Å²) >= 11 is 0. The summed E-state index contributed by atoms with van der Waals surface area (Å²) in [5.74, 6) is -0.596. The van der Waals surface area contributed by atoms with E-state index in [1.165, 1.54) is 12.1 Å². The lowest BCUT2D eigenvalue weighted by atomic mass is 10.0. The van der Waals surface area contributed by atoms with Gasteiger partial charge < -0.3 is 4.90 Å². The Labute approximate surface area is 204 Å². The summed E-state index contributed by atoms with van der Waals surface area (Å²) in [5.41, 5.74) is 4.19. The van der Waals surface area contributed by atoms with Crippen LogP contribution in [-0.4, -0.2) is 42.3 Å². The number of aromatic nitrogens is 2. The van der Waals surface area contributed by atoms with Crippen LogP contribution in [0.5, 0.6) is 0 Å². The fraction of sp³-hybridized carbons (Fsp3) is 0.185. The fourth-order valence-electron chi connectivity index (χ4n) is 3.85. The number of carbonyl (C=O) groups excluding carboxylic acids is 1. The summed E-state index contributed by atoms with van der Waals surface area (Å²) in [4.78, 5) is 15.5. The summed E-state index contributed by atoms with van der Waals surface area (Å²) in [6.07, 6.45) is 2.82. The van der Waals surface area contributed by atoms with Crippen LogP contribution in [-0.2, 0) is 9.84 Å². The first-order valence-electron chi connectivity index (χ1n) is 11.0. The maximum Gasteiger partial charge on any atom is 0.257 e. The highest BCUT2D eigenvalue weighted by Gasteiger charge is 2.25. The molecule has 0 aliphatic carbocycles. The summed E-state index contributed by atoms with van der Waals surface area (Å²) < 4.78 is 38.6. The number of hydrogen-bond donors (Lipinski definition) is 0. The van der Waals surface area contributed by atoms with Crippen molar-refractivity contribution in [1.29, 1.82) is 0 Å². The van der Waals surface area contributed by atoms with Crippen molar-refractivity contribution in [2.45, 2.75) is 24.8 Å². The van der Waals surface area contributed by atoms with Crippen molar-refractivity contribution >= 4 is 15.7 Å². The molecule has 0 bridgehead atoms. The third-order valence-electron chi connectivity index (χ3n) is 6.02. The van der Waals surface area contributed by atoms with E-state index in [-0.39, 0.29) is 22.7 Å². The Hall–Kier alpha value is -3.78. The van der Waals surface area contributed by atoms with Crippen LogP contribution in [0.15, 0.2) is 83.9 Å². The largest absolute Gasteiger partial charge is 0.335 e. The number of aryl methyl sites for hydroxylation is 1. The zero-order valence-corrected chi connectivity index (χ0v) is 20.8. The molecule has 0 spiro atoms. The second-order valence-electron chi connectivity index (χ2n) is 8.62. The van der Waals surface area contributed by atoms with Gasteiger partial charge in [0.15, 0.2) is 9.84 Å². The number of carbonyl (C=O) groups is 1. The van der Waals surface area contributed by atoms with Gasteiger partial charge in [0.2, 0.25) is 0 Å². The van der Waals surface area contributed by atoms with E-state index in [2.05, 4.69) is 5.10 Å². The van der Waals surface area contributed by atoms with Crippen LogP contribution >= 0.6 is 0 Å². The predicted molar refractivity (Wildman–Crippen MR) is 134 cm³/mol. The van der Waals surface area contributed by atoms with Crippen LogP contribution < -0.4 is 0 Å². The third-order valence-corrected chi connectivity index (χ3v) is 7.15. The zero-order valence-electron chi connectivity index (χ0n) is 19.9. The molecule has 0 aliphatic rings. The normalized spacial score (nSPS) is 12.4. The molecule has 0 aliphatic heterocycles. The highest BCUT2D eigenvalue weighted by Crippen LogP contribution is 2.29. The van der Waals surface area contributed by atoms with Crippen LogP contribution in [0.25, 0.3) is 16.9 Å². The van der Waals surface area contributed by atoms with E-state index in [0.717, 1.165) is 22.9 Å². The van der Waals surface area contributed by atoms with Crippen LogP contribution in [0.3, 0.4) is 0 Å². The van der Waals surface area contributed by atoms with Gasteiger partial charge in [0, 0.05) is 25.1 Å². The molecular weight excluding hydrogens is 465 g/mol. The number of benzene rings is 3. The van der Waals surface area contributed by atoms with Gasteiger partial charge in [-0.3, -0.25) is 4.79 Å². The first kappa shape index (κ1) is 24.3. The van der Waals surface area contributed by atoms with Gasteiger partial charge in [0.25, 0.3) is 5.91 Å². The topological polar surface area (TPSA) is 72.3 Å². The lowest BCUT2D eigenvalue weighted by molar-refractivity contribution is 0.0743. The van der Waals surface area contributed by atoms with E-state index >= 15 is 0 Å². The summed E-state index contributed by atoms with van der Waals surface area (Å²) in [6.45, 7) is 3.85. The Balaban J connectivity index is 1.72. The van der Waals surface area contributed by atoms with Gasteiger partial charge >= 0.3 is 0 Å². The van der Waals surface area contributed by atoms with Crippen molar-refractivity contribution in [1.82, 2.24) is 14.7 Å². The van der Waals surface area contributed by atoms with Crippen LogP contribution in [0.1, 0.15) is 34.5 Å². The van der Waals surface area contributed by atoms with Crippen LogP contribution in [0.2, 0.25) is 0 Å². The Morgan fingerprint density at radius 3 is 2.29 bits per heavy atom. The summed E-state index contributed by atoms with van der Waals surface area (Å²) in [6, 6.07) is 19.8. The van der Waals surface area contributed by atoms with Crippen molar-refractivity contribution in [2.75, 3.05) is 13.3 Å². The number of rotatable bonds is 6. The van der Waals surface area contributed by atoms with Crippen LogP contribution in [0, 0.1) is 12.7 Å². The molecule has 1 amide bonds. The SMILES string of the molecule is Cc1cccc(-c2nn(-c3ccc(F)cc3)cc2C(=O)N(C)C(C)c2ccc(S(C)(=O)=O)cc2)c1. The molecule has 0 saturated heterocycles. The quantitative estimate of drug-likeness (QED) is 0.371. The van der Waals surface area contributed by atoms with E-state index in [1.807, 2.05) is 38.1 Å². The molecule has 6 nitrogen and oxygen atoms in total. The first-order chi connectivity index (χ1) is 16.5. The smallest absolute Gasteiger partial charge is 0.257 e. The number of halogens is 1. The van der Waals surface area contributed by atoms with Gasteiger partial charge in [-0.2, -0.15) is 5.10 Å². The lowest BCUT2D eigenvalue weighted by Crippen LogP contribution is -2.29. The molecule has 1 aromatic heterocycles. The zero-order chi connectivity index (χ0) is 25.3. The number of sulfone groups is 1. The van der Waals surface area contributed by atoms with Crippen molar-refractivity contribution in [3.8, 4) is 16.9 Å². The minimum atomic E-state index is -3.31. The van der Waals surface area contributed by atoms with Gasteiger partial charge in [-0.15, -0.1) is 0 Å². The standard InChI is InChI=1S/C27H26FN3O3S/c1-18-6-5-7-21(16-18)26-25(17-31(29-26)23-12-10-22(28)11-13-23)27(32)30(3)19(2)20-8-14-24(15-9-20)35(4,33)34/h5-17,19H,1-4H3. The molecule has 0 saturated carbocycles. The Morgan fingerprint density at radius 2 is 1.69 bits per heavy atom. The molecule has 1 unspecified atom stereocenters. The van der Waals surface area contributed by atoms with Crippen molar-refractivity contribution in [3.05, 3.63) is 102 Å². The Kier molecular flexibility index (Phi) is 6.58. The average Bonchev–Trinajstić information content (AvgIpc) is 3.28. The Morgan fingerprint density at radius 1 is 1.03 bits per heavy atom. The molecule has 35 heavy (non-hydrogen) atoms. The molecule has 1 atom stereocenters. The monoisotopic (exact) mass is 491 g/mol. The van der Waals surface area contributed by atoms with Crippen molar-refractivity contribution < 1.29 is 17.6 Å². The van der Waals surface area contributed by atoms with Gasteiger partial charge in [0.1, 0.15) is 11.5 Å². The molecule has 1 heterocycles. The highest BCUT2D eigenvalue weighted by atomic mass is 32.2. The third kappa shape index (κ3) is 5.17. The van der Waals surface area contributed by atoms with E-state index in [1.54, 1.807) is 59.2 Å². The van der Waals surface area contributed by atoms with E-state index in [9.17, 15) is 17.6 Å². The molecule has 4 aromatic rings. The maximum absolute atomic E-state index is 13.7. The van der Waals surface area contributed by atoms with Crippen LogP contribution in [0.4, 0.5) is 4.39 Å². The van der Waals surface area contributed by atoms with Crippen molar-refractivity contribution in [2.24, 2.45) is 0 Å².